The van der Waals surface area contributed by atoms with Crippen LogP contribution in [0.5, 0.6) is 0 Å². The Morgan fingerprint density at radius 2 is 1.69 bits per heavy atom. The number of benzene rings is 2. The van der Waals surface area contributed by atoms with E-state index in [9.17, 15) is 4.79 Å². The predicted octanol–water partition coefficient (Wildman–Crippen LogP) is 5.45. The number of hydrogen-bond donors (Lipinski definition) is 1. The molecule has 2 aromatic carbocycles. The van der Waals surface area contributed by atoms with Crippen molar-refractivity contribution in [3.8, 4) is 11.5 Å². The SMILES string of the molecule is O=C(Nc1ccc2nc(-c3ccncc3)oc2c1)c1cc(Cl)cc(Cl)c1. The van der Waals surface area contributed by atoms with Gasteiger partial charge < -0.3 is 9.73 Å². The maximum Gasteiger partial charge on any atom is 0.255 e. The van der Waals surface area contributed by atoms with Gasteiger partial charge in [-0.05, 0) is 42.5 Å². The third-order valence-corrected chi connectivity index (χ3v) is 4.13. The van der Waals surface area contributed by atoms with Gasteiger partial charge in [0, 0.05) is 45.3 Å². The molecule has 0 saturated carbocycles. The molecular weight excluding hydrogens is 373 g/mol. The fraction of sp³-hybridized carbons (Fsp3) is 0. The molecule has 0 bridgehead atoms. The third kappa shape index (κ3) is 3.40. The van der Waals surface area contributed by atoms with Gasteiger partial charge >= 0.3 is 0 Å². The number of aromatic nitrogens is 2. The maximum absolute atomic E-state index is 12.4. The van der Waals surface area contributed by atoms with Crippen LogP contribution in [0, 0.1) is 0 Å². The number of anilines is 1. The molecule has 0 atom stereocenters. The van der Waals surface area contributed by atoms with Crippen molar-refractivity contribution in [1.82, 2.24) is 9.97 Å². The lowest BCUT2D eigenvalue weighted by molar-refractivity contribution is 0.102. The van der Waals surface area contributed by atoms with Gasteiger partial charge in [-0.25, -0.2) is 4.98 Å². The summed E-state index contributed by atoms with van der Waals surface area (Å²) >= 11 is 11.9. The third-order valence-electron chi connectivity index (χ3n) is 3.70. The van der Waals surface area contributed by atoms with E-state index in [1.54, 1.807) is 48.8 Å². The number of nitrogens with zero attached hydrogens (tertiary/aromatic N) is 2. The molecule has 0 fully saturated rings. The Morgan fingerprint density at radius 1 is 0.962 bits per heavy atom. The number of carbonyl (C=O) groups excluding carboxylic acids is 1. The van der Waals surface area contributed by atoms with E-state index in [1.165, 1.54) is 0 Å². The van der Waals surface area contributed by atoms with Gasteiger partial charge in [0.2, 0.25) is 5.89 Å². The van der Waals surface area contributed by atoms with E-state index in [-0.39, 0.29) is 5.91 Å². The minimum absolute atomic E-state index is 0.317. The van der Waals surface area contributed by atoms with E-state index in [0.29, 0.717) is 38.3 Å². The average Bonchev–Trinajstić information content (AvgIpc) is 3.05. The van der Waals surface area contributed by atoms with Gasteiger partial charge in [-0.2, -0.15) is 0 Å². The molecule has 0 radical (unpaired) electrons. The largest absolute Gasteiger partial charge is 0.436 e. The second-order valence-electron chi connectivity index (χ2n) is 5.55. The minimum atomic E-state index is -0.317. The lowest BCUT2D eigenvalue weighted by Crippen LogP contribution is -2.11. The van der Waals surface area contributed by atoms with Gasteiger partial charge in [0.1, 0.15) is 5.52 Å². The highest BCUT2D eigenvalue weighted by atomic mass is 35.5. The molecule has 2 heterocycles. The zero-order valence-electron chi connectivity index (χ0n) is 13.2. The van der Waals surface area contributed by atoms with Crippen molar-refractivity contribution < 1.29 is 9.21 Å². The van der Waals surface area contributed by atoms with E-state index in [2.05, 4.69) is 15.3 Å². The number of carbonyl (C=O) groups is 1. The Morgan fingerprint density at radius 3 is 2.42 bits per heavy atom. The van der Waals surface area contributed by atoms with Crippen LogP contribution < -0.4 is 5.32 Å². The molecule has 0 aliphatic carbocycles. The summed E-state index contributed by atoms with van der Waals surface area (Å²) < 4.78 is 5.79. The number of fused-ring (bicyclic) bond motifs is 1. The summed E-state index contributed by atoms with van der Waals surface area (Å²) in [5, 5.41) is 3.60. The van der Waals surface area contributed by atoms with Crippen LogP contribution in [-0.4, -0.2) is 15.9 Å². The number of nitrogens with one attached hydrogen (secondary N) is 1. The number of rotatable bonds is 3. The van der Waals surface area contributed by atoms with Gasteiger partial charge in [-0.1, -0.05) is 23.2 Å². The molecule has 0 unspecified atom stereocenters. The lowest BCUT2D eigenvalue weighted by atomic mass is 10.2. The molecule has 128 valence electrons. The van der Waals surface area contributed by atoms with Crippen LogP contribution in [0.2, 0.25) is 10.0 Å². The van der Waals surface area contributed by atoms with Crippen LogP contribution in [0.4, 0.5) is 5.69 Å². The number of pyridine rings is 1. The van der Waals surface area contributed by atoms with Gasteiger partial charge in [-0.3, -0.25) is 9.78 Å². The summed E-state index contributed by atoms with van der Waals surface area (Å²) in [5.74, 6) is 0.176. The maximum atomic E-state index is 12.4. The van der Waals surface area contributed by atoms with Crippen LogP contribution in [0.15, 0.2) is 65.3 Å². The standard InChI is InChI=1S/C19H11Cl2N3O2/c20-13-7-12(8-14(21)9-13)18(25)23-15-1-2-16-17(10-15)26-19(24-16)11-3-5-22-6-4-11/h1-10H,(H,23,25). The van der Waals surface area contributed by atoms with Crippen molar-refractivity contribution in [2.24, 2.45) is 0 Å². The molecule has 5 nitrogen and oxygen atoms in total. The molecule has 4 rings (SSSR count). The highest BCUT2D eigenvalue weighted by Gasteiger charge is 2.12. The van der Waals surface area contributed by atoms with Crippen molar-refractivity contribution in [3.63, 3.8) is 0 Å². The van der Waals surface area contributed by atoms with Gasteiger partial charge in [-0.15, -0.1) is 0 Å². The number of amides is 1. The highest BCUT2D eigenvalue weighted by Crippen LogP contribution is 2.26. The zero-order valence-corrected chi connectivity index (χ0v) is 14.8. The average molecular weight is 384 g/mol. The first-order chi connectivity index (χ1) is 12.6. The lowest BCUT2D eigenvalue weighted by Gasteiger charge is -2.06. The van der Waals surface area contributed by atoms with E-state index in [1.807, 2.05) is 12.1 Å². The molecule has 1 amide bonds. The van der Waals surface area contributed by atoms with E-state index in [0.717, 1.165) is 5.56 Å². The molecule has 1 N–H and O–H groups in total. The van der Waals surface area contributed by atoms with Crippen molar-refractivity contribution in [2.45, 2.75) is 0 Å². The summed E-state index contributed by atoms with van der Waals surface area (Å²) in [6.07, 6.45) is 3.35. The van der Waals surface area contributed by atoms with Gasteiger partial charge in [0.15, 0.2) is 5.58 Å². The molecule has 0 saturated heterocycles. The van der Waals surface area contributed by atoms with Crippen LogP contribution in [-0.2, 0) is 0 Å². The normalized spacial score (nSPS) is 10.8. The molecule has 26 heavy (non-hydrogen) atoms. The van der Waals surface area contributed by atoms with Crippen molar-refractivity contribution in [3.05, 3.63) is 76.5 Å². The monoisotopic (exact) mass is 383 g/mol. The van der Waals surface area contributed by atoms with E-state index >= 15 is 0 Å². The van der Waals surface area contributed by atoms with Gasteiger partial charge in [0.05, 0.1) is 0 Å². The molecular formula is C19H11Cl2N3O2. The fourth-order valence-electron chi connectivity index (χ4n) is 2.51. The van der Waals surface area contributed by atoms with Crippen molar-refractivity contribution in [1.29, 1.82) is 0 Å². The number of hydrogen-bond acceptors (Lipinski definition) is 4. The van der Waals surface area contributed by atoms with Crippen LogP contribution in [0.3, 0.4) is 0 Å². The number of oxazole rings is 1. The first kappa shape index (κ1) is 16.6. The van der Waals surface area contributed by atoms with Crippen molar-refractivity contribution in [2.75, 3.05) is 5.32 Å². The molecule has 0 aliphatic heterocycles. The van der Waals surface area contributed by atoms with Gasteiger partial charge in [0.25, 0.3) is 5.91 Å². The summed E-state index contributed by atoms with van der Waals surface area (Å²) in [5.41, 5.74) is 3.04. The summed E-state index contributed by atoms with van der Waals surface area (Å²) in [6.45, 7) is 0. The van der Waals surface area contributed by atoms with Crippen LogP contribution in [0.1, 0.15) is 10.4 Å². The minimum Gasteiger partial charge on any atom is -0.436 e. The topological polar surface area (TPSA) is 68.0 Å². The Kier molecular flexibility index (Phi) is 4.32. The molecule has 0 spiro atoms. The molecule has 7 heteroatoms. The quantitative estimate of drug-likeness (QED) is 0.510. The first-order valence-corrected chi connectivity index (χ1v) is 8.42. The molecule has 4 aromatic rings. The van der Waals surface area contributed by atoms with Crippen molar-refractivity contribution >= 4 is 45.9 Å². The summed E-state index contributed by atoms with van der Waals surface area (Å²) in [7, 11) is 0. The predicted molar refractivity (Wildman–Crippen MR) is 102 cm³/mol. The smallest absolute Gasteiger partial charge is 0.255 e. The zero-order chi connectivity index (χ0) is 18.1. The second kappa shape index (κ2) is 6.78. The Hall–Kier alpha value is -2.89. The Balaban J connectivity index is 1.62. The van der Waals surface area contributed by atoms with Crippen LogP contribution in [0.25, 0.3) is 22.6 Å². The second-order valence-corrected chi connectivity index (χ2v) is 6.42. The Labute approximate surface area is 158 Å². The number of halogens is 2. The van der Waals surface area contributed by atoms with E-state index < -0.39 is 0 Å². The summed E-state index contributed by atoms with van der Waals surface area (Å²) in [4.78, 5) is 20.8. The Bertz CT molecular complexity index is 1090. The molecule has 2 aromatic heterocycles. The van der Waals surface area contributed by atoms with Crippen LogP contribution >= 0.6 is 23.2 Å². The highest BCUT2D eigenvalue weighted by molar-refractivity contribution is 6.35. The fourth-order valence-corrected chi connectivity index (χ4v) is 3.03. The first-order valence-electron chi connectivity index (χ1n) is 7.67. The summed E-state index contributed by atoms with van der Waals surface area (Å²) in [6, 6.07) is 13.6. The van der Waals surface area contributed by atoms with E-state index in [4.69, 9.17) is 27.6 Å². The molecule has 0 aliphatic rings.